The molecular formula is C17H17ClFN3O. The molecule has 0 aliphatic carbocycles. The second-order valence-corrected chi connectivity index (χ2v) is 5.43. The number of aromatic amines is 1. The standard InChI is InChI=1S/C17H16FN3O.ClH/c18-13-4-1-11(2-5-13)17-20-14-6-3-12(9-15(14)21-17)16-10-19-7-8-22-16;/h1-6,9,16,19H,7-8,10H2,(H,20,21);1H/t16-;/m1./s1. The Kier molecular flexibility index (Phi) is 4.61. The van der Waals surface area contributed by atoms with Gasteiger partial charge in [0.2, 0.25) is 0 Å². The Morgan fingerprint density at radius 2 is 1.96 bits per heavy atom. The van der Waals surface area contributed by atoms with Gasteiger partial charge in [0.05, 0.1) is 23.7 Å². The minimum atomic E-state index is -0.246. The summed E-state index contributed by atoms with van der Waals surface area (Å²) in [4.78, 5) is 7.87. The minimum Gasteiger partial charge on any atom is -0.371 e. The predicted octanol–water partition coefficient (Wildman–Crippen LogP) is 3.45. The maximum absolute atomic E-state index is 13.0. The molecular weight excluding hydrogens is 317 g/mol. The molecule has 2 heterocycles. The van der Waals surface area contributed by atoms with Crippen molar-refractivity contribution in [1.82, 2.24) is 15.3 Å². The van der Waals surface area contributed by atoms with Crippen LogP contribution in [0.25, 0.3) is 22.4 Å². The first kappa shape index (κ1) is 15.9. The van der Waals surface area contributed by atoms with E-state index in [2.05, 4.69) is 27.4 Å². The van der Waals surface area contributed by atoms with Crippen LogP contribution >= 0.6 is 12.4 Å². The lowest BCUT2D eigenvalue weighted by molar-refractivity contribution is 0.0278. The van der Waals surface area contributed by atoms with Crippen LogP contribution in [0.1, 0.15) is 11.7 Å². The number of hydrogen-bond donors (Lipinski definition) is 2. The number of benzene rings is 2. The molecule has 0 radical (unpaired) electrons. The number of nitrogens with zero attached hydrogens (tertiary/aromatic N) is 1. The normalized spacial score (nSPS) is 17.9. The van der Waals surface area contributed by atoms with Crippen LogP contribution < -0.4 is 5.32 Å². The summed E-state index contributed by atoms with van der Waals surface area (Å²) in [5.41, 5.74) is 3.86. The van der Waals surface area contributed by atoms with E-state index in [0.717, 1.165) is 47.7 Å². The highest BCUT2D eigenvalue weighted by molar-refractivity contribution is 5.85. The number of rotatable bonds is 2. The van der Waals surface area contributed by atoms with Gasteiger partial charge in [-0.05, 0) is 42.0 Å². The number of H-pyrrole nitrogens is 1. The fourth-order valence-corrected chi connectivity index (χ4v) is 2.75. The third-order valence-corrected chi connectivity index (χ3v) is 3.92. The molecule has 2 N–H and O–H groups in total. The molecule has 1 aliphatic rings. The molecule has 0 unspecified atom stereocenters. The van der Waals surface area contributed by atoms with Gasteiger partial charge < -0.3 is 15.0 Å². The second-order valence-electron chi connectivity index (χ2n) is 5.43. The van der Waals surface area contributed by atoms with Crippen molar-refractivity contribution in [1.29, 1.82) is 0 Å². The summed E-state index contributed by atoms with van der Waals surface area (Å²) >= 11 is 0. The van der Waals surface area contributed by atoms with E-state index in [0.29, 0.717) is 0 Å². The van der Waals surface area contributed by atoms with E-state index in [9.17, 15) is 4.39 Å². The van der Waals surface area contributed by atoms with Crippen molar-refractivity contribution in [2.24, 2.45) is 0 Å². The number of nitrogens with one attached hydrogen (secondary N) is 2. The van der Waals surface area contributed by atoms with Gasteiger partial charge >= 0.3 is 0 Å². The van der Waals surface area contributed by atoms with Crippen LogP contribution in [0.15, 0.2) is 42.5 Å². The van der Waals surface area contributed by atoms with Gasteiger partial charge in [-0.25, -0.2) is 9.37 Å². The Morgan fingerprint density at radius 3 is 2.70 bits per heavy atom. The Morgan fingerprint density at radius 1 is 1.13 bits per heavy atom. The maximum atomic E-state index is 13.0. The predicted molar refractivity (Wildman–Crippen MR) is 90.3 cm³/mol. The number of aromatic nitrogens is 2. The fourth-order valence-electron chi connectivity index (χ4n) is 2.75. The van der Waals surface area contributed by atoms with E-state index < -0.39 is 0 Å². The summed E-state index contributed by atoms with van der Waals surface area (Å²) in [5.74, 6) is 0.499. The zero-order valence-electron chi connectivity index (χ0n) is 12.4. The van der Waals surface area contributed by atoms with Gasteiger partial charge in [-0.1, -0.05) is 6.07 Å². The SMILES string of the molecule is Cl.Fc1ccc(-c2nc3ccc([C@H]4CNCCO4)cc3[nH]2)cc1. The molecule has 1 saturated heterocycles. The van der Waals surface area contributed by atoms with E-state index in [-0.39, 0.29) is 24.3 Å². The Bertz CT molecular complexity index is 797. The molecule has 4 nitrogen and oxygen atoms in total. The van der Waals surface area contributed by atoms with E-state index in [1.165, 1.54) is 12.1 Å². The van der Waals surface area contributed by atoms with Crippen LogP contribution in [-0.4, -0.2) is 29.7 Å². The number of halogens is 2. The average molecular weight is 334 g/mol. The zero-order chi connectivity index (χ0) is 14.9. The molecule has 1 aromatic heterocycles. The van der Waals surface area contributed by atoms with E-state index in [4.69, 9.17) is 4.74 Å². The third kappa shape index (κ3) is 3.22. The molecule has 0 spiro atoms. The van der Waals surface area contributed by atoms with Gasteiger partial charge in [-0.2, -0.15) is 0 Å². The number of imidazole rings is 1. The molecule has 1 fully saturated rings. The lowest BCUT2D eigenvalue weighted by Crippen LogP contribution is -2.33. The van der Waals surface area contributed by atoms with Crippen molar-refractivity contribution in [2.45, 2.75) is 6.10 Å². The summed E-state index contributed by atoms with van der Waals surface area (Å²) < 4.78 is 18.8. The largest absolute Gasteiger partial charge is 0.371 e. The maximum Gasteiger partial charge on any atom is 0.138 e. The molecule has 4 rings (SSSR count). The van der Waals surface area contributed by atoms with Gasteiger partial charge in [0.15, 0.2) is 0 Å². The van der Waals surface area contributed by atoms with Crippen molar-refractivity contribution < 1.29 is 9.13 Å². The lowest BCUT2D eigenvalue weighted by Gasteiger charge is -2.23. The van der Waals surface area contributed by atoms with Crippen LogP contribution in [-0.2, 0) is 4.74 Å². The zero-order valence-corrected chi connectivity index (χ0v) is 13.2. The number of ether oxygens (including phenoxy) is 1. The topological polar surface area (TPSA) is 49.9 Å². The Balaban J connectivity index is 0.00000156. The Labute approximate surface area is 139 Å². The molecule has 3 aromatic rings. The van der Waals surface area contributed by atoms with Gasteiger partial charge in [0, 0.05) is 18.7 Å². The molecule has 0 saturated carbocycles. The third-order valence-electron chi connectivity index (χ3n) is 3.92. The summed E-state index contributed by atoms with van der Waals surface area (Å²) in [6.45, 7) is 2.45. The first-order chi connectivity index (χ1) is 10.8. The number of hydrogen-bond acceptors (Lipinski definition) is 3. The summed E-state index contributed by atoms with van der Waals surface area (Å²) in [6.07, 6.45) is 0.0794. The van der Waals surface area contributed by atoms with Crippen molar-refractivity contribution in [3.63, 3.8) is 0 Å². The van der Waals surface area contributed by atoms with Crippen molar-refractivity contribution >= 4 is 23.4 Å². The minimum absolute atomic E-state index is 0. The molecule has 1 atom stereocenters. The quantitative estimate of drug-likeness (QED) is 0.755. The lowest BCUT2D eigenvalue weighted by atomic mass is 10.1. The summed E-state index contributed by atoms with van der Waals surface area (Å²) in [6, 6.07) is 12.4. The first-order valence-electron chi connectivity index (χ1n) is 7.37. The van der Waals surface area contributed by atoms with E-state index >= 15 is 0 Å². The molecule has 2 aromatic carbocycles. The van der Waals surface area contributed by atoms with Crippen molar-refractivity contribution in [2.75, 3.05) is 19.7 Å². The number of fused-ring (bicyclic) bond motifs is 1. The van der Waals surface area contributed by atoms with Crippen molar-refractivity contribution in [3.05, 3.63) is 53.8 Å². The molecule has 120 valence electrons. The first-order valence-corrected chi connectivity index (χ1v) is 7.37. The fraction of sp³-hybridized carbons (Fsp3) is 0.235. The summed E-state index contributed by atoms with van der Waals surface area (Å²) in [7, 11) is 0. The van der Waals surface area contributed by atoms with Gasteiger partial charge in [-0.15, -0.1) is 12.4 Å². The molecule has 6 heteroatoms. The average Bonchev–Trinajstić information content (AvgIpc) is 2.99. The van der Waals surface area contributed by atoms with Crippen LogP contribution in [0.5, 0.6) is 0 Å². The monoisotopic (exact) mass is 333 g/mol. The smallest absolute Gasteiger partial charge is 0.138 e. The number of morpholine rings is 1. The van der Waals surface area contributed by atoms with Gasteiger partial charge in [0.1, 0.15) is 11.6 Å². The molecule has 23 heavy (non-hydrogen) atoms. The van der Waals surface area contributed by atoms with E-state index in [1.54, 1.807) is 12.1 Å². The van der Waals surface area contributed by atoms with Crippen molar-refractivity contribution in [3.8, 4) is 11.4 Å². The summed E-state index contributed by atoms with van der Waals surface area (Å²) in [5, 5.41) is 3.33. The highest BCUT2D eigenvalue weighted by Gasteiger charge is 2.16. The second kappa shape index (κ2) is 6.66. The molecule has 0 bridgehead atoms. The highest BCUT2D eigenvalue weighted by atomic mass is 35.5. The molecule has 1 aliphatic heterocycles. The van der Waals surface area contributed by atoms with Crippen LogP contribution in [0.2, 0.25) is 0 Å². The van der Waals surface area contributed by atoms with Gasteiger partial charge in [-0.3, -0.25) is 0 Å². The Hall–Kier alpha value is -1.95. The molecule has 0 amide bonds. The van der Waals surface area contributed by atoms with Crippen LogP contribution in [0.4, 0.5) is 4.39 Å². The van der Waals surface area contributed by atoms with E-state index in [1.807, 2.05) is 6.07 Å². The van der Waals surface area contributed by atoms with Gasteiger partial charge in [0.25, 0.3) is 0 Å². The van der Waals surface area contributed by atoms with Crippen LogP contribution in [0.3, 0.4) is 0 Å². The highest BCUT2D eigenvalue weighted by Crippen LogP contribution is 2.25. The van der Waals surface area contributed by atoms with Crippen LogP contribution in [0, 0.1) is 5.82 Å².